The highest BCUT2D eigenvalue weighted by Gasteiger charge is 2.27. The lowest BCUT2D eigenvalue weighted by Gasteiger charge is -2.25. The minimum atomic E-state index is -0.383. The smallest absolute Gasteiger partial charge is 0.251 e. The lowest BCUT2D eigenvalue weighted by Crippen LogP contribution is -2.38. The molecule has 3 heteroatoms. The van der Waals surface area contributed by atoms with Gasteiger partial charge < -0.3 is 0 Å². The van der Waals surface area contributed by atoms with Gasteiger partial charge in [0.05, 0.1) is 11.5 Å². The first kappa shape index (κ1) is 15.7. The third kappa shape index (κ3) is 5.03. The molecular weight excluding hydrogens is 238 g/mol. The van der Waals surface area contributed by atoms with Crippen molar-refractivity contribution in [1.82, 2.24) is 5.48 Å². The predicted octanol–water partition coefficient (Wildman–Crippen LogP) is 3.66. The monoisotopic (exact) mass is 263 g/mol. The van der Waals surface area contributed by atoms with Gasteiger partial charge in [0.1, 0.15) is 0 Å². The van der Waals surface area contributed by atoms with E-state index in [2.05, 4.69) is 19.3 Å². The van der Waals surface area contributed by atoms with Gasteiger partial charge in [0.2, 0.25) is 0 Å². The second-order valence-electron chi connectivity index (χ2n) is 5.95. The molecule has 106 valence electrons. The van der Waals surface area contributed by atoms with Crippen LogP contribution in [0, 0.1) is 5.92 Å². The van der Waals surface area contributed by atoms with Crippen molar-refractivity contribution in [2.75, 3.05) is 0 Å². The minimum absolute atomic E-state index is 0.0736. The molecule has 0 aliphatic rings. The largest absolute Gasteiger partial charge is 0.272 e. The standard InChI is InChI=1S/C16H25NO2/c1-6-12(2)14(13-10-8-7-9-11-13)15(18)17-19-16(3,4)5/h7-12,14H,6H2,1-5H3,(H,17,18). The van der Waals surface area contributed by atoms with Crippen molar-refractivity contribution in [2.24, 2.45) is 5.92 Å². The fraction of sp³-hybridized carbons (Fsp3) is 0.562. The summed E-state index contributed by atoms with van der Waals surface area (Å²) in [6.07, 6.45) is 0.947. The van der Waals surface area contributed by atoms with Crippen molar-refractivity contribution in [3.63, 3.8) is 0 Å². The van der Waals surface area contributed by atoms with E-state index in [9.17, 15) is 4.79 Å². The summed E-state index contributed by atoms with van der Waals surface area (Å²) in [6, 6.07) is 9.87. The second-order valence-corrected chi connectivity index (χ2v) is 5.95. The lowest BCUT2D eigenvalue weighted by molar-refractivity contribution is -0.148. The molecule has 1 amide bonds. The average Bonchev–Trinajstić information content (AvgIpc) is 2.37. The molecule has 1 rings (SSSR count). The highest BCUT2D eigenvalue weighted by atomic mass is 16.7. The number of carbonyl (C=O) groups excluding carboxylic acids is 1. The Labute approximate surface area is 116 Å². The van der Waals surface area contributed by atoms with Gasteiger partial charge in [0.15, 0.2) is 0 Å². The molecule has 1 aromatic rings. The Balaban J connectivity index is 2.84. The summed E-state index contributed by atoms with van der Waals surface area (Å²) >= 11 is 0. The van der Waals surface area contributed by atoms with E-state index in [0.29, 0.717) is 0 Å². The Kier molecular flexibility index (Phi) is 5.55. The molecular formula is C16H25NO2. The Morgan fingerprint density at radius 2 is 1.84 bits per heavy atom. The van der Waals surface area contributed by atoms with Gasteiger partial charge in [-0.25, -0.2) is 5.48 Å². The molecule has 19 heavy (non-hydrogen) atoms. The zero-order valence-corrected chi connectivity index (χ0v) is 12.6. The normalized spacial score (nSPS) is 14.8. The van der Waals surface area contributed by atoms with Crippen LogP contribution < -0.4 is 5.48 Å². The van der Waals surface area contributed by atoms with Crippen LogP contribution in [-0.2, 0) is 9.63 Å². The van der Waals surface area contributed by atoms with Crippen molar-refractivity contribution in [3.05, 3.63) is 35.9 Å². The number of hydrogen-bond donors (Lipinski definition) is 1. The van der Waals surface area contributed by atoms with E-state index in [4.69, 9.17) is 4.84 Å². The second kappa shape index (κ2) is 6.71. The zero-order valence-electron chi connectivity index (χ0n) is 12.6. The Morgan fingerprint density at radius 3 is 2.32 bits per heavy atom. The maximum absolute atomic E-state index is 12.4. The molecule has 1 N–H and O–H groups in total. The molecule has 0 aromatic heterocycles. The summed E-state index contributed by atoms with van der Waals surface area (Å²) in [6.45, 7) is 9.92. The van der Waals surface area contributed by atoms with Gasteiger partial charge in [-0.1, -0.05) is 50.6 Å². The molecule has 3 nitrogen and oxygen atoms in total. The highest BCUT2D eigenvalue weighted by Crippen LogP contribution is 2.27. The van der Waals surface area contributed by atoms with Crippen LogP contribution >= 0.6 is 0 Å². The van der Waals surface area contributed by atoms with Crippen molar-refractivity contribution in [2.45, 2.75) is 52.6 Å². The first-order valence-corrected chi connectivity index (χ1v) is 6.88. The van der Waals surface area contributed by atoms with Gasteiger partial charge in [-0.15, -0.1) is 0 Å². The number of nitrogens with one attached hydrogen (secondary N) is 1. The van der Waals surface area contributed by atoms with Crippen molar-refractivity contribution in [1.29, 1.82) is 0 Å². The van der Waals surface area contributed by atoms with Gasteiger partial charge in [-0.3, -0.25) is 9.63 Å². The highest BCUT2D eigenvalue weighted by molar-refractivity contribution is 5.83. The number of hydrogen-bond acceptors (Lipinski definition) is 2. The zero-order chi connectivity index (χ0) is 14.5. The summed E-state index contributed by atoms with van der Waals surface area (Å²) in [5.74, 6) is 0.0231. The topological polar surface area (TPSA) is 38.3 Å². The quantitative estimate of drug-likeness (QED) is 0.823. The van der Waals surface area contributed by atoms with E-state index in [1.807, 2.05) is 51.1 Å². The van der Waals surface area contributed by atoms with Crippen LogP contribution in [0.15, 0.2) is 30.3 Å². The van der Waals surface area contributed by atoms with E-state index in [0.717, 1.165) is 12.0 Å². The van der Waals surface area contributed by atoms with Crippen molar-refractivity contribution < 1.29 is 9.63 Å². The van der Waals surface area contributed by atoms with Gasteiger partial charge >= 0.3 is 0 Å². The molecule has 0 heterocycles. The van der Waals surface area contributed by atoms with E-state index < -0.39 is 0 Å². The van der Waals surface area contributed by atoms with Crippen molar-refractivity contribution >= 4 is 5.91 Å². The number of carbonyl (C=O) groups is 1. The van der Waals surface area contributed by atoms with Crippen LogP contribution in [0.1, 0.15) is 52.5 Å². The Morgan fingerprint density at radius 1 is 1.26 bits per heavy atom. The Hall–Kier alpha value is -1.35. The maximum atomic E-state index is 12.4. The molecule has 0 saturated heterocycles. The van der Waals surface area contributed by atoms with E-state index in [-0.39, 0.29) is 23.3 Å². The molecule has 0 spiro atoms. The summed E-state index contributed by atoms with van der Waals surface area (Å²) in [5.41, 5.74) is 3.25. The fourth-order valence-corrected chi connectivity index (χ4v) is 1.90. The molecule has 0 aliphatic heterocycles. The molecule has 0 bridgehead atoms. The SMILES string of the molecule is CCC(C)C(C(=O)NOC(C)(C)C)c1ccccc1. The molecule has 1 aromatic carbocycles. The van der Waals surface area contributed by atoms with Crippen LogP contribution in [-0.4, -0.2) is 11.5 Å². The minimum Gasteiger partial charge on any atom is -0.272 e. The van der Waals surface area contributed by atoms with Crippen LogP contribution in [0.3, 0.4) is 0 Å². The van der Waals surface area contributed by atoms with E-state index in [1.54, 1.807) is 0 Å². The molecule has 2 unspecified atom stereocenters. The number of rotatable bonds is 5. The van der Waals surface area contributed by atoms with Gasteiger partial charge in [-0.05, 0) is 32.3 Å². The first-order valence-electron chi connectivity index (χ1n) is 6.88. The Bertz CT molecular complexity index is 395. The predicted molar refractivity (Wildman–Crippen MR) is 77.6 cm³/mol. The molecule has 2 atom stereocenters. The van der Waals surface area contributed by atoms with Gasteiger partial charge in [-0.2, -0.15) is 0 Å². The fourth-order valence-electron chi connectivity index (χ4n) is 1.90. The third-order valence-electron chi connectivity index (χ3n) is 3.11. The number of hydroxylamine groups is 1. The molecule has 0 radical (unpaired) electrons. The van der Waals surface area contributed by atoms with Crippen LogP contribution in [0.2, 0.25) is 0 Å². The first-order chi connectivity index (χ1) is 8.85. The van der Waals surface area contributed by atoms with Crippen LogP contribution in [0.5, 0.6) is 0 Å². The maximum Gasteiger partial charge on any atom is 0.251 e. The molecule has 0 fully saturated rings. The van der Waals surface area contributed by atoms with E-state index in [1.165, 1.54) is 0 Å². The lowest BCUT2D eigenvalue weighted by atomic mass is 9.85. The molecule has 0 saturated carbocycles. The van der Waals surface area contributed by atoms with Crippen LogP contribution in [0.4, 0.5) is 0 Å². The van der Waals surface area contributed by atoms with Gasteiger partial charge in [0.25, 0.3) is 5.91 Å². The summed E-state index contributed by atoms with van der Waals surface area (Å²) < 4.78 is 0. The summed E-state index contributed by atoms with van der Waals surface area (Å²) in [7, 11) is 0. The van der Waals surface area contributed by atoms with E-state index >= 15 is 0 Å². The van der Waals surface area contributed by atoms with Crippen LogP contribution in [0.25, 0.3) is 0 Å². The van der Waals surface area contributed by atoms with Gasteiger partial charge in [0, 0.05) is 0 Å². The molecule has 0 aliphatic carbocycles. The average molecular weight is 263 g/mol. The van der Waals surface area contributed by atoms with Crippen molar-refractivity contribution in [3.8, 4) is 0 Å². The number of benzene rings is 1. The third-order valence-corrected chi connectivity index (χ3v) is 3.11. The number of amides is 1. The summed E-state index contributed by atoms with van der Waals surface area (Å²) in [4.78, 5) is 17.7. The summed E-state index contributed by atoms with van der Waals surface area (Å²) in [5, 5.41) is 0.